The zero-order chi connectivity index (χ0) is 13.1. The zero-order valence-corrected chi connectivity index (χ0v) is 10.8. The molecule has 0 aliphatic carbocycles. The molecule has 2 atom stereocenters. The molecule has 0 saturated heterocycles. The van der Waals surface area contributed by atoms with Crippen LogP contribution in [0.25, 0.3) is 0 Å². The van der Waals surface area contributed by atoms with Gasteiger partial charge in [-0.3, -0.25) is 0 Å². The molecule has 100 valence electrons. The molecule has 2 nitrogen and oxygen atoms in total. The fourth-order valence-electron chi connectivity index (χ4n) is 2.43. The van der Waals surface area contributed by atoms with E-state index in [-0.39, 0.29) is 6.04 Å². The summed E-state index contributed by atoms with van der Waals surface area (Å²) in [6.07, 6.45) is 2.74. The topological polar surface area (TPSA) is 21.3 Å². The van der Waals surface area contributed by atoms with Crippen LogP contribution in [0.2, 0.25) is 0 Å². The SMILES string of the molecule is CCCC(C)NC1COc2cc(F)cc(F)c2C1. The summed E-state index contributed by atoms with van der Waals surface area (Å²) in [5.74, 6) is -0.759. The van der Waals surface area contributed by atoms with Crippen LogP contribution in [0.4, 0.5) is 8.78 Å². The van der Waals surface area contributed by atoms with Gasteiger partial charge in [0, 0.05) is 29.8 Å². The van der Waals surface area contributed by atoms with E-state index in [2.05, 4.69) is 19.2 Å². The Morgan fingerprint density at radius 3 is 2.94 bits per heavy atom. The Bertz CT molecular complexity index is 423. The van der Waals surface area contributed by atoms with Gasteiger partial charge in [-0.1, -0.05) is 13.3 Å². The molecular formula is C14H19F2NO. The first kappa shape index (κ1) is 13.3. The molecule has 0 aromatic heterocycles. The molecule has 0 saturated carbocycles. The van der Waals surface area contributed by atoms with Crippen molar-refractivity contribution in [2.24, 2.45) is 0 Å². The van der Waals surface area contributed by atoms with Gasteiger partial charge in [-0.15, -0.1) is 0 Å². The van der Waals surface area contributed by atoms with E-state index in [1.54, 1.807) is 0 Å². The van der Waals surface area contributed by atoms with Gasteiger partial charge in [-0.2, -0.15) is 0 Å². The van der Waals surface area contributed by atoms with Crippen molar-refractivity contribution < 1.29 is 13.5 Å². The first-order valence-corrected chi connectivity index (χ1v) is 6.47. The number of hydrogen-bond acceptors (Lipinski definition) is 2. The molecule has 1 aliphatic rings. The van der Waals surface area contributed by atoms with Crippen molar-refractivity contribution in [3.05, 3.63) is 29.3 Å². The summed E-state index contributed by atoms with van der Waals surface area (Å²) >= 11 is 0. The first-order chi connectivity index (χ1) is 8.60. The minimum absolute atomic E-state index is 0.0963. The molecule has 1 heterocycles. The summed E-state index contributed by atoms with van der Waals surface area (Å²) in [5.41, 5.74) is 0.476. The number of benzene rings is 1. The van der Waals surface area contributed by atoms with Crippen LogP contribution in [0, 0.1) is 11.6 Å². The number of halogens is 2. The smallest absolute Gasteiger partial charge is 0.133 e. The van der Waals surface area contributed by atoms with Crippen LogP contribution in [-0.4, -0.2) is 18.7 Å². The van der Waals surface area contributed by atoms with Gasteiger partial charge in [0.15, 0.2) is 0 Å². The normalized spacial score (nSPS) is 20.1. The van der Waals surface area contributed by atoms with Crippen molar-refractivity contribution in [3.8, 4) is 5.75 Å². The molecule has 1 aliphatic heterocycles. The molecule has 0 bridgehead atoms. The van der Waals surface area contributed by atoms with Crippen molar-refractivity contribution in [2.45, 2.75) is 45.2 Å². The second kappa shape index (κ2) is 5.65. The standard InChI is InChI=1S/C14H19F2NO/c1-3-4-9(2)17-11-7-12-13(16)5-10(15)6-14(12)18-8-11/h5-6,9,11,17H,3-4,7-8H2,1-2H3. The maximum Gasteiger partial charge on any atom is 0.133 e. The van der Waals surface area contributed by atoms with Crippen LogP contribution in [-0.2, 0) is 6.42 Å². The third kappa shape index (κ3) is 2.99. The Morgan fingerprint density at radius 1 is 1.44 bits per heavy atom. The van der Waals surface area contributed by atoms with Crippen molar-refractivity contribution in [1.82, 2.24) is 5.32 Å². The average Bonchev–Trinajstić information content (AvgIpc) is 2.30. The highest BCUT2D eigenvalue weighted by Gasteiger charge is 2.24. The maximum absolute atomic E-state index is 13.6. The predicted octanol–water partition coefficient (Wildman–Crippen LogP) is 3.05. The summed E-state index contributed by atoms with van der Waals surface area (Å²) in [4.78, 5) is 0. The lowest BCUT2D eigenvalue weighted by Crippen LogP contribution is -2.44. The first-order valence-electron chi connectivity index (χ1n) is 6.47. The van der Waals surface area contributed by atoms with Crippen molar-refractivity contribution >= 4 is 0 Å². The molecule has 1 aromatic carbocycles. The van der Waals surface area contributed by atoms with Gasteiger partial charge in [0.1, 0.15) is 24.0 Å². The van der Waals surface area contributed by atoms with E-state index < -0.39 is 11.6 Å². The van der Waals surface area contributed by atoms with Crippen LogP contribution >= 0.6 is 0 Å². The van der Waals surface area contributed by atoms with E-state index in [1.807, 2.05) is 0 Å². The summed E-state index contributed by atoms with van der Waals surface area (Å²) in [6.45, 7) is 4.71. The van der Waals surface area contributed by atoms with Gasteiger partial charge in [0.05, 0.1) is 0 Å². The lowest BCUT2D eigenvalue weighted by atomic mass is 10.0. The van der Waals surface area contributed by atoms with Gasteiger partial charge in [0.2, 0.25) is 0 Å². The van der Waals surface area contributed by atoms with Crippen LogP contribution < -0.4 is 10.1 Å². The number of hydrogen-bond donors (Lipinski definition) is 1. The molecule has 0 fully saturated rings. The van der Waals surface area contributed by atoms with E-state index >= 15 is 0 Å². The van der Waals surface area contributed by atoms with E-state index in [9.17, 15) is 8.78 Å². The minimum Gasteiger partial charge on any atom is -0.491 e. The third-order valence-electron chi connectivity index (χ3n) is 3.25. The van der Waals surface area contributed by atoms with Gasteiger partial charge in [-0.05, 0) is 19.8 Å². The summed E-state index contributed by atoms with van der Waals surface area (Å²) in [7, 11) is 0. The van der Waals surface area contributed by atoms with Crippen molar-refractivity contribution in [3.63, 3.8) is 0 Å². The molecule has 0 radical (unpaired) electrons. The zero-order valence-electron chi connectivity index (χ0n) is 10.8. The van der Waals surface area contributed by atoms with Crippen LogP contribution in [0.3, 0.4) is 0 Å². The number of ether oxygens (including phenoxy) is 1. The number of nitrogens with one attached hydrogen (secondary N) is 1. The van der Waals surface area contributed by atoms with Gasteiger partial charge >= 0.3 is 0 Å². The molecule has 2 unspecified atom stereocenters. The predicted molar refractivity (Wildman–Crippen MR) is 66.9 cm³/mol. The summed E-state index contributed by atoms with van der Waals surface area (Å²) in [6, 6.07) is 2.65. The highest BCUT2D eigenvalue weighted by Crippen LogP contribution is 2.28. The molecule has 0 amide bonds. The Morgan fingerprint density at radius 2 is 2.22 bits per heavy atom. The fourth-order valence-corrected chi connectivity index (χ4v) is 2.43. The van der Waals surface area contributed by atoms with E-state index in [4.69, 9.17) is 4.74 Å². The molecule has 1 aromatic rings. The van der Waals surface area contributed by atoms with Gasteiger partial charge in [-0.25, -0.2) is 8.78 Å². The highest BCUT2D eigenvalue weighted by atomic mass is 19.1. The minimum atomic E-state index is -0.586. The van der Waals surface area contributed by atoms with Crippen LogP contribution in [0.1, 0.15) is 32.3 Å². The lowest BCUT2D eigenvalue weighted by molar-refractivity contribution is 0.222. The van der Waals surface area contributed by atoms with Crippen molar-refractivity contribution in [2.75, 3.05) is 6.61 Å². The Labute approximate surface area is 106 Å². The summed E-state index contributed by atoms with van der Waals surface area (Å²) in [5, 5.41) is 3.42. The van der Waals surface area contributed by atoms with E-state index in [0.717, 1.165) is 18.9 Å². The van der Waals surface area contributed by atoms with Crippen molar-refractivity contribution in [1.29, 1.82) is 0 Å². The summed E-state index contributed by atoms with van der Waals surface area (Å²) < 4.78 is 32.1. The van der Waals surface area contributed by atoms with E-state index in [0.29, 0.717) is 30.4 Å². The molecule has 0 spiro atoms. The second-order valence-corrected chi connectivity index (χ2v) is 4.93. The molecular weight excluding hydrogens is 236 g/mol. The molecule has 18 heavy (non-hydrogen) atoms. The Hall–Kier alpha value is -1.16. The molecule has 1 N–H and O–H groups in total. The van der Waals surface area contributed by atoms with E-state index in [1.165, 1.54) is 6.07 Å². The maximum atomic E-state index is 13.6. The lowest BCUT2D eigenvalue weighted by Gasteiger charge is -2.29. The second-order valence-electron chi connectivity index (χ2n) is 4.93. The Kier molecular flexibility index (Phi) is 4.17. The third-order valence-corrected chi connectivity index (χ3v) is 3.25. The average molecular weight is 255 g/mol. The number of rotatable bonds is 4. The highest BCUT2D eigenvalue weighted by molar-refractivity contribution is 5.37. The quantitative estimate of drug-likeness (QED) is 0.893. The van der Waals surface area contributed by atoms with Gasteiger partial charge in [0.25, 0.3) is 0 Å². The monoisotopic (exact) mass is 255 g/mol. The number of fused-ring (bicyclic) bond motifs is 1. The molecule has 4 heteroatoms. The fraction of sp³-hybridized carbons (Fsp3) is 0.571. The van der Waals surface area contributed by atoms with Crippen LogP contribution in [0.5, 0.6) is 5.75 Å². The van der Waals surface area contributed by atoms with Crippen LogP contribution in [0.15, 0.2) is 12.1 Å². The molecule has 2 rings (SSSR count). The largest absolute Gasteiger partial charge is 0.491 e. The van der Waals surface area contributed by atoms with Gasteiger partial charge < -0.3 is 10.1 Å². The Balaban J connectivity index is 2.05.